The van der Waals surface area contributed by atoms with Crippen molar-refractivity contribution in [1.29, 1.82) is 0 Å². The molecule has 0 spiro atoms. The number of ether oxygens (including phenoxy) is 1. The zero-order valence-corrected chi connectivity index (χ0v) is 13.1. The van der Waals surface area contributed by atoms with E-state index in [9.17, 15) is 13.2 Å². The topological polar surface area (TPSA) is 63.7 Å². The number of hydrogen-bond donors (Lipinski definition) is 0. The summed E-state index contributed by atoms with van der Waals surface area (Å²) in [6, 6.07) is 4.48. The van der Waals surface area contributed by atoms with Crippen LogP contribution in [0.3, 0.4) is 0 Å². The molecule has 1 aromatic rings. The molecule has 0 atom stereocenters. The number of carbonyl (C=O) groups excluding carboxylic acids is 1. The van der Waals surface area contributed by atoms with Gasteiger partial charge < -0.3 is 4.74 Å². The molecule has 1 aliphatic heterocycles. The third-order valence-corrected chi connectivity index (χ3v) is 4.19. The molecule has 110 valence electrons. The predicted octanol–water partition coefficient (Wildman–Crippen LogP) is 2.91. The lowest BCUT2D eigenvalue weighted by Crippen LogP contribution is -2.35. The van der Waals surface area contributed by atoms with Crippen LogP contribution in [0.4, 0.5) is 10.5 Å². The Hall–Kier alpha value is -1.27. The fourth-order valence-corrected chi connectivity index (χ4v) is 2.84. The van der Waals surface area contributed by atoms with Crippen molar-refractivity contribution in [1.82, 2.24) is 0 Å². The first-order valence-corrected chi connectivity index (χ1v) is 8.47. The number of rotatable bonds is 1. The van der Waals surface area contributed by atoms with Crippen LogP contribution in [0.1, 0.15) is 26.3 Å². The second-order valence-electron chi connectivity index (χ2n) is 5.61. The highest BCUT2D eigenvalue weighted by Gasteiger charge is 2.29. The van der Waals surface area contributed by atoms with Crippen LogP contribution in [-0.2, 0) is 20.2 Å². The molecule has 1 amide bonds. The van der Waals surface area contributed by atoms with Gasteiger partial charge >= 0.3 is 6.09 Å². The monoisotopic (exact) mass is 317 g/mol. The Bertz CT molecular complexity index is 649. The quantitative estimate of drug-likeness (QED) is 0.747. The Morgan fingerprint density at radius 1 is 1.35 bits per heavy atom. The average molecular weight is 318 g/mol. The van der Waals surface area contributed by atoms with Gasteiger partial charge in [0, 0.05) is 17.2 Å². The first-order chi connectivity index (χ1) is 9.08. The summed E-state index contributed by atoms with van der Waals surface area (Å²) in [5, 5.41) is 0. The lowest BCUT2D eigenvalue weighted by atomic mass is 10.2. The second kappa shape index (κ2) is 4.93. The van der Waals surface area contributed by atoms with E-state index in [-0.39, 0.29) is 4.90 Å². The molecule has 7 heteroatoms. The summed E-state index contributed by atoms with van der Waals surface area (Å²) >= 11 is 0. The smallest absolute Gasteiger partial charge is 0.414 e. The van der Waals surface area contributed by atoms with E-state index in [0.29, 0.717) is 18.7 Å². The minimum atomic E-state index is -3.75. The van der Waals surface area contributed by atoms with E-state index in [2.05, 4.69) is 0 Å². The van der Waals surface area contributed by atoms with Crippen LogP contribution in [0.15, 0.2) is 23.1 Å². The largest absolute Gasteiger partial charge is 0.443 e. The van der Waals surface area contributed by atoms with Crippen molar-refractivity contribution in [3.05, 3.63) is 23.8 Å². The lowest BCUT2D eigenvalue weighted by molar-refractivity contribution is 0.0584. The molecule has 5 nitrogen and oxygen atoms in total. The molecule has 20 heavy (non-hydrogen) atoms. The summed E-state index contributed by atoms with van der Waals surface area (Å²) in [6.07, 6.45) is 0.146. The molecule has 0 radical (unpaired) electrons. The molecule has 2 rings (SSSR count). The number of nitrogens with zero attached hydrogens (tertiary/aromatic N) is 1. The van der Waals surface area contributed by atoms with E-state index in [1.807, 2.05) is 0 Å². The first-order valence-electron chi connectivity index (χ1n) is 6.16. The van der Waals surface area contributed by atoms with Crippen LogP contribution in [0, 0.1) is 0 Å². The normalized spacial score (nSPS) is 15.1. The Balaban J connectivity index is 2.29. The molecule has 1 aromatic carbocycles. The molecule has 0 aromatic heterocycles. The zero-order valence-electron chi connectivity index (χ0n) is 11.5. The number of anilines is 1. The summed E-state index contributed by atoms with van der Waals surface area (Å²) in [7, 11) is 1.56. The highest BCUT2D eigenvalue weighted by molar-refractivity contribution is 8.13. The number of carbonyl (C=O) groups is 1. The molecule has 0 N–H and O–H groups in total. The van der Waals surface area contributed by atoms with Gasteiger partial charge in [-0.2, -0.15) is 0 Å². The second-order valence-corrected chi connectivity index (χ2v) is 8.18. The van der Waals surface area contributed by atoms with Crippen molar-refractivity contribution in [2.45, 2.75) is 37.7 Å². The highest BCUT2D eigenvalue weighted by atomic mass is 35.7. The predicted molar refractivity (Wildman–Crippen MR) is 76.8 cm³/mol. The van der Waals surface area contributed by atoms with Crippen molar-refractivity contribution in [2.24, 2.45) is 0 Å². The Kier molecular flexibility index (Phi) is 3.73. The van der Waals surface area contributed by atoms with Gasteiger partial charge in [0.2, 0.25) is 0 Å². The van der Waals surface area contributed by atoms with Crippen molar-refractivity contribution in [2.75, 3.05) is 11.4 Å². The Labute approximate surface area is 122 Å². The van der Waals surface area contributed by atoms with Gasteiger partial charge in [-0.15, -0.1) is 0 Å². The highest BCUT2D eigenvalue weighted by Crippen LogP contribution is 2.32. The average Bonchev–Trinajstić information content (AvgIpc) is 2.67. The summed E-state index contributed by atoms with van der Waals surface area (Å²) in [5.74, 6) is 0. The van der Waals surface area contributed by atoms with Gasteiger partial charge in [-0.3, -0.25) is 4.90 Å². The number of amides is 1. The summed E-state index contributed by atoms with van der Waals surface area (Å²) in [6.45, 7) is 5.86. The maximum atomic E-state index is 12.1. The first kappa shape index (κ1) is 15.1. The van der Waals surface area contributed by atoms with Gasteiger partial charge in [0.1, 0.15) is 5.60 Å². The van der Waals surface area contributed by atoms with Gasteiger partial charge in [0.15, 0.2) is 0 Å². The van der Waals surface area contributed by atoms with E-state index in [1.54, 1.807) is 26.8 Å². The number of hydrogen-bond acceptors (Lipinski definition) is 4. The van der Waals surface area contributed by atoms with Crippen LogP contribution < -0.4 is 4.90 Å². The third kappa shape index (κ3) is 3.24. The molecule has 1 heterocycles. The number of fused-ring (bicyclic) bond motifs is 1. The lowest BCUT2D eigenvalue weighted by Gasteiger charge is -2.24. The standard InChI is InChI=1S/C13H16ClNO4S/c1-13(2,3)19-12(16)15-7-6-9-8-10(20(14,17)18)4-5-11(9)15/h4-5,8H,6-7H2,1-3H3. The molecular weight excluding hydrogens is 302 g/mol. The molecule has 1 aliphatic rings. The van der Waals surface area contributed by atoms with Crippen molar-refractivity contribution in [3.63, 3.8) is 0 Å². The van der Waals surface area contributed by atoms with E-state index >= 15 is 0 Å². The van der Waals surface area contributed by atoms with E-state index < -0.39 is 20.7 Å². The molecule has 0 saturated heterocycles. The third-order valence-electron chi connectivity index (χ3n) is 2.84. The van der Waals surface area contributed by atoms with Crippen molar-refractivity contribution >= 4 is 31.5 Å². The Morgan fingerprint density at radius 2 is 2.00 bits per heavy atom. The van der Waals surface area contributed by atoms with Crippen molar-refractivity contribution < 1.29 is 17.9 Å². The van der Waals surface area contributed by atoms with Crippen LogP contribution in [0.5, 0.6) is 0 Å². The van der Waals surface area contributed by atoms with Gasteiger partial charge in [-0.25, -0.2) is 13.2 Å². The van der Waals surface area contributed by atoms with Gasteiger partial charge in [0.05, 0.1) is 10.6 Å². The molecule has 0 unspecified atom stereocenters. The molecule has 0 fully saturated rings. The van der Waals surface area contributed by atoms with Crippen LogP contribution in [-0.4, -0.2) is 26.7 Å². The van der Waals surface area contributed by atoms with Crippen LogP contribution in [0.25, 0.3) is 0 Å². The van der Waals surface area contributed by atoms with E-state index in [0.717, 1.165) is 5.56 Å². The molecular formula is C13H16ClNO4S. The fraction of sp³-hybridized carbons (Fsp3) is 0.462. The van der Waals surface area contributed by atoms with Crippen LogP contribution in [0.2, 0.25) is 0 Å². The zero-order chi connectivity index (χ0) is 15.1. The summed E-state index contributed by atoms with van der Waals surface area (Å²) in [5.41, 5.74) is 0.875. The SMILES string of the molecule is CC(C)(C)OC(=O)N1CCc2cc(S(=O)(=O)Cl)ccc21. The number of benzene rings is 1. The minimum absolute atomic E-state index is 0.0453. The summed E-state index contributed by atoms with van der Waals surface area (Å²) < 4.78 is 27.9. The Morgan fingerprint density at radius 3 is 2.55 bits per heavy atom. The van der Waals surface area contributed by atoms with Crippen molar-refractivity contribution in [3.8, 4) is 0 Å². The molecule has 0 aliphatic carbocycles. The molecule has 0 bridgehead atoms. The van der Waals surface area contributed by atoms with Crippen LogP contribution >= 0.6 is 10.7 Å². The fourth-order valence-electron chi connectivity index (χ4n) is 2.04. The van der Waals surface area contributed by atoms with Gasteiger partial charge in [0.25, 0.3) is 9.05 Å². The van der Waals surface area contributed by atoms with Gasteiger partial charge in [-0.05, 0) is 51.0 Å². The van der Waals surface area contributed by atoms with E-state index in [4.69, 9.17) is 15.4 Å². The summed E-state index contributed by atoms with van der Waals surface area (Å²) in [4.78, 5) is 13.6. The molecule has 0 saturated carbocycles. The van der Waals surface area contributed by atoms with Gasteiger partial charge in [-0.1, -0.05) is 0 Å². The van der Waals surface area contributed by atoms with E-state index in [1.165, 1.54) is 17.0 Å². The maximum Gasteiger partial charge on any atom is 0.414 e. The maximum absolute atomic E-state index is 12.1. The number of halogens is 1. The minimum Gasteiger partial charge on any atom is -0.443 e.